The fourth-order valence-electron chi connectivity index (χ4n) is 3.78. The van der Waals surface area contributed by atoms with E-state index in [-0.39, 0.29) is 11.5 Å². The van der Waals surface area contributed by atoms with E-state index >= 15 is 0 Å². The molecule has 0 saturated heterocycles. The highest BCUT2D eigenvalue weighted by molar-refractivity contribution is 6.30. The first-order chi connectivity index (χ1) is 17.9. The fraction of sp³-hybridized carbons (Fsp3) is 0.154. The van der Waals surface area contributed by atoms with Gasteiger partial charge in [-0.2, -0.15) is 0 Å². The van der Waals surface area contributed by atoms with Crippen molar-refractivity contribution in [2.24, 2.45) is 5.73 Å². The minimum absolute atomic E-state index is 0.289. The molecule has 0 radical (unpaired) electrons. The Bertz CT molecular complexity index is 1380. The average molecular weight is 518 g/mol. The van der Waals surface area contributed by atoms with Crippen LogP contribution < -0.4 is 16.4 Å². The van der Waals surface area contributed by atoms with E-state index in [2.05, 4.69) is 26.2 Å². The molecule has 3 amide bonds. The number of halogens is 1. The van der Waals surface area contributed by atoms with E-state index in [0.29, 0.717) is 30.0 Å². The number of aromatic nitrogens is 4. The van der Waals surface area contributed by atoms with Gasteiger partial charge < -0.3 is 16.4 Å². The molecule has 1 atom stereocenters. The lowest BCUT2D eigenvalue weighted by atomic mass is 10.0. The number of primary amides is 1. The predicted octanol–water partition coefficient (Wildman–Crippen LogP) is 2.11. The van der Waals surface area contributed by atoms with Crippen molar-refractivity contribution in [3.8, 4) is 5.69 Å². The number of rotatable bonds is 10. The molecule has 0 aliphatic carbocycles. The molecule has 1 unspecified atom stereocenters. The van der Waals surface area contributed by atoms with E-state index in [1.165, 1.54) is 35.3 Å². The number of hydrogen-bond donors (Lipinski definition) is 3. The van der Waals surface area contributed by atoms with Gasteiger partial charge in [-0.05, 0) is 70.4 Å². The second-order valence-corrected chi connectivity index (χ2v) is 8.66. The summed E-state index contributed by atoms with van der Waals surface area (Å²) in [4.78, 5) is 37.4. The summed E-state index contributed by atoms with van der Waals surface area (Å²) < 4.78 is 1.52. The zero-order valence-electron chi connectivity index (χ0n) is 19.7. The number of nitrogens with one attached hydrogen (secondary N) is 2. The lowest BCUT2D eigenvalue weighted by molar-refractivity contribution is -0.122. The van der Waals surface area contributed by atoms with Crippen molar-refractivity contribution >= 4 is 29.3 Å². The van der Waals surface area contributed by atoms with Crippen LogP contribution in [0, 0.1) is 0 Å². The molecule has 0 spiro atoms. The monoisotopic (exact) mass is 517 g/mol. The van der Waals surface area contributed by atoms with Crippen LogP contribution in [0.5, 0.6) is 0 Å². The minimum atomic E-state index is -0.830. The number of nitrogens with zero attached hydrogens (tertiary/aromatic N) is 4. The van der Waals surface area contributed by atoms with Gasteiger partial charge in [0.15, 0.2) is 0 Å². The molecule has 4 rings (SSSR count). The van der Waals surface area contributed by atoms with Gasteiger partial charge >= 0.3 is 0 Å². The first-order valence-electron chi connectivity index (χ1n) is 11.4. The molecule has 0 fully saturated rings. The third-order valence-corrected chi connectivity index (χ3v) is 5.90. The second-order valence-electron chi connectivity index (χ2n) is 8.23. The van der Waals surface area contributed by atoms with E-state index in [4.69, 9.17) is 17.3 Å². The van der Waals surface area contributed by atoms with Crippen molar-refractivity contribution in [3.05, 3.63) is 106 Å². The van der Waals surface area contributed by atoms with Gasteiger partial charge in [-0.15, -0.1) is 5.10 Å². The molecular weight excluding hydrogens is 494 g/mol. The van der Waals surface area contributed by atoms with Gasteiger partial charge in [-0.1, -0.05) is 41.9 Å². The van der Waals surface area contributed by atoms with Crippen LogP contribution in [0.15, 0.2) is 79.1 Å². The van der Waals surface area contributed by atoms with Gasteiger partial charge in [-0.3, -0.25) is 14.4 Å². The summed E-state index contributed by atoms with van der Waals surface area (Å²) in [6.45, 7) is 0.294. The lowest BCUT2D eigenvalue weighted by Gasteiger charge is -2.19. The smallest absolute Gasteiger partial charge is 0.251 e. The number of nitrogens with two attached hydrogens (primary N) is 1. The first kappa shape index (κ1) is 25.5. The standard InChI is InChI=1S/C26H24ClN7O3/c27-21-10-11-23(34-16-30-32-33-34)20(15-21)12-13-29-26(37)22(14-17-4-2-1-3-5-17)31-25(36)19-8-6-18(7-9-19)24(28)35/h1-11,15-16,22H,12-14H2,(H2,28,35)(H,29,37)(H,31,36). The number of benzene rings is 3. The molecule has 0 bridgehead atoms. The maximum Gasteiger partial charge on any atom is 0.251 e. The Morgan fingerprint density at radius 3 is 2.38 bits per heavy atom. The molecule has 0 saturated carbocycles. The maximum atomic E-state index is 13.2. The van der Waals surface area contributed by atoms with E-state index in [1.807, 2.05) is 30.3 Å². The summed E-state index contributed by atoms with van der Waals surface area (Å²) in [5.41, 5.74) is 8.35. The number of amides is 3. The number of hydrogen-bond acceptors (Lipinski definition) is 6. The van der Waals surface area contributed by atoms with Gasteiger partial charge in [0.2, 0.25) is 11.8 Å². The summed E-state index contributed by atoms with van der Waals surface area (Å²) in [5, 5.41) is 17.5. The van der Waals surface area contributed by atoms with Crippen molar-refractivity contribution in [2.45, 2.75) is 18.9 Å². The topological polar surface area (TPSA) is 145 Å². The van der Waals surface area contributed by atoms with E-state index in [9.17, 15) is 14.4 Å². The molecular formula is C26H24ClN7O3. The normalized spacial score (nSPS) is 11.5. The molecule has 4 aromatic rings. The molecule has 37 heavy (non-hydrogen) atoms. The Morgan fingerprint density at radius 2 is 1.70 bits per heavy atom. The zero-order chi connectivity index (χ0) is 26.2. The summed E-state index contributed by atoms with van der Waals surface area (Å²) in [6.07, 6.45) is 2.24. The molecule has 10 nitrogen and oxygen atoms in total. The Morgan fingerprint density at radius 1 is 0.973 bits per heavy atom. The van der Waals surface area contributed by atoms with E-state index in [0.717, 1.165) is 16.8 Å². The number of carbonyl (C=O) groups excluding carboxylic acids is 3. The second kappa shape index (κ2) is 11.9. The van der Waals surface area contributed by atoms with Gasteiger partial charge in [-0.25, -0.2) is 4.68 Å². The molecule has 188 valence electrons. The van der Waals surface area contributed by atoms with Crippen molar-refractivity contribution in [2.75, 3.05) is 6.54 Å². The van der Waals surface area contributed by atoms with Gasteiger partial charge in [0.25, 0.3) is 5.91 Å². The minimum Gasteiger partial charge on any atom is -0.366 e. The Kier molecular flexibility index (Phi) is 8.22. The fourth-order valence-corrected chi connectivity index (χ4v) is 3.97. The lowest BCUT2D eigenvalue weighted by Crippen LogP contribution is -2.48. The Hall–Kier alpha value is -4.57. The largest absolute Gasteiger partial charge is 0.366 e. The summed E-state index contributed by atoms with van der Waals surface area (Å²) in [6, 6.07) is 19.8. The molecule has 1 heterocycles. The Labute approximate surface area is 217 Å². The number of carbonyl (C=O) groups is 3. The van der Waals surface area contributed by atoms with Gasteiger partial charge in [0.05, 0.1) is 5.69 Å². The van der Waals surface area contributed by atoms with Crippen LogP contribution in [0.1, 0.15) is 31.8 Å². The number of tetrazole rings is 1. The third kappa shape index (κ3) is 6.77. The van der Waals surface area contributed by atoms with Crippen LogP contribution in [-0.4, -0.2) is 50.5 Å². The average Bonchev–Trinajstić information content (AvgIpc) is 3.44. The van der Waals surface area contributed by atoms with Gasteiger partial charge in [0.1, 0.15) is 12.4 Å². The SMILES string of the molecule is NC(=O)c1ccc(C(=O)NC(Cc2ccccc2)C(=O)NCCc2cc(Cl)ccc2-n2cnnn2)cc1. The molecule has 0 aliphatic heterocycles. The Balaban J connectivity index is 1.45. The quantitative estimate of drug-likeness (QED) is 0.294. The predicted molar refractivity (Wildman–Crippen MR) is 137 cm³/mol. The molecule has 0 aliphatic rings. The van der Waals surface area contributed by atoms with Crippen LogP contribution >= 0.6 is 11.6 Å². The molecule has 4 N–H and O–H groups in total. The highest BCUT2D eigenvalue weighted by Crippen LogP contribution is 2.19. The summed E-state index contributed by atoms with van der Waals surface area (Å²) in [5.74, 6) is -1.36. The molecule has 3 aromatic carbocycles. The molecule has 11 heteroatoms. The zero-order valence-corrected chi connectivity index (χ0v) is 20.4. The van der Waals surface area contributed by atoms with Gasteiger partial charge in [0, 0.05) is 29.1 Å². The molecule has 1 aromatic heterocycles. The highest BCUT2D eigenvalue weighted by atomic mass is 35.5. The van der Waals surface area contributed by atoms with Crippen molar-refractivity contribution < 1.29 is 14.4 Å². The maximum absolute atomic E-state index is 13.2. The van der Waals surface area contributed by atoms with Crippen molar-refractivity contribution in [3.63, 3.8) is 0 Å². The first-order valence-corrected chi connectivity index (χ1v) is 11.8. The van der Waals surface area contributed by atoms with E-state index < -0.39 is 17.9 Å². The van der Waals surface area contributed by atoms with Crippen LogP contribution in [-0.2, 0) is 17.6 Å². The summed E-state index contributed by atoms with van der Waals surface area (Å²) in [7, 11) is 0. The van der Waals surface area contributed by atoms with Crippen LogP contribution in [0.4, 0.5) is 0 Å². The van der Waals surface area contributed by atoms with Crippen molar-refractivity contribution in [1.82, 2.24) is 30.8 Å². The third-order valence-electron chi connectivity index (χ3n) is 5.67. The van der Waals surface area contributed by atoms with Crippen molar-refractivity contribution in [1.29, 1.82) is 0 Å². The van der Waals surface area contributed by atoms with Crippen LogP contribution in [0.3, 0.4) is 0 Å². The highest BCUT2D eigenvalue weighted by Gasteiger charge is 2.22. The van der Waals surface area contributed by atoms with E-state index in [1.54, 1.807) is 18.2 Å². The summed E-state index contributed by atoms with van der Waals surface area (Å²) >= 11 is 6.18. The van der Waals surface area contributed by atoms with Crippen LogP contribution in [0.2, 0.25) is 5.02 Å². The van der Waals surface area contributed by atoms with Crippen LogP contribution in [0.25, 0.3) is 5.69 Å².